The van der Waals surface area contributed by atoms with Gasteiger partial charge in [0.2, 0.25) is 0 Å². The summed E-state index contributed by atoms with van der Waals surface area (Å²) in [5.74, 6) is -0.0631. The summed E-state index contributed by atoms with van der Waals surface area (Å²) in [6.07, 6.45) is 3.39. The molecule has 0 N–H and O–H groups in total. The smallest absolute Gasteiger partial charge is 0.178 e. The fourth-order valence-corrected chi connectivity index (χ4v) is 2.34. The van der Waals surface area contributed by atoms with E-state index in [1.54, 1.807) is 12.3 Å². The molecule has 19 heavy (non-hydrogen) atoms. The highest BCUT2D eigenvalue weighted by Gasteiger charge is 2.14. The number of hydrogen-bond acceptors (Lipinski definition) is 3. The Balaban J connectivity index is 2.63. The molecule has 2 aromatic heterocycles. The van der Waals surface area contributed by atoms with E-state index in [1.165, 1.54) is 6.92 Å². The van der Waals surface area contributed by atoms with Crippen LogP contribution in [0.5, 0.6) is 0 Å². The molecule has 0 amide bonds. The minimum atomic E-state index is -0.0631. The monoisotopic (exact) mass is 248 g/mol. The van der Waals surface area contributed by atoms with Gasteiger partial charge in [0.05, 0.1) is 11.2 Å². The van der Waals surface area contributed by atoms with Crippen LogP contribution in [0.4, 0.5) is 0 Å². The van der Waals surface area contributed by atoms with E-state index in [1.807, 2.05) is 30.3 Å². The Morgan fingerprint density at radius 3 is 2.74 bits per heavy atom. The zero-order chi connectivity index (χ0) is 13.4. The van der Waals surface area contributed by atoms with Gasteiger partial charge >= 0.3 is 0 Å². The Labute approximate surface area is 110 Å². The summed E-state index contributed by atoms with van der Waals surface area (Å²) < 4.78 is 0. The summed E-state index contributed by atoms with van der Waals surface area (Å²) in [5, 5.41) is 2.79. The van der Waals surface area contributed by atoms with Gasteiger partial charge in [-0.1, -0.05) is 24.8 Å². The van der Waals surface area contributed by atoms with Crippen LogP contribution in [-0.2, 0) is 0 Å². The van der Waals surface area contributed by atoms with Crippen molar-refractivity contribution in [1.29, 1.82) is 0 Å². The van der Waals surface area contributed by atoms with Crippen molar-refractivity contribution in [2.24, 2.45) is 0 Å². The maximum Gasteiger partial charge on any atom is 0.178 e. The van der Waals surface area contributed by atoms with Crippen LogP contribution in [0.15, 0.2) is 43.1 Å². The van der Waals surface area contributed by atoms with Gasteiger partial charge in [-0.3, -0.25) is 9.78 Å². The molecule has 2 heterocycles. The fraction of sp³-hybridized carbons (Fsp3) is 0.0625. The summed E-state index contributed by atoms with van der Waals surface area (Å²) in [6, 6.07) is 9.71. The molecule has 0 atom stereocenters. The maximum absolute atomic E-state index is 11.8. The minimum absolute atomic E-state index is 0.0631. The molecule has 0 unspecified atom stereocenters. The van der Waals surface area contributed by atoms with Crippen molar-refractivity contribution in [3.8, 4) is 0 Å². The second-order valence-corrected chi connectivity index (χ2v) is 4.36. The van der Waals surface area contributed by atoms with Crippen molar-refractivity contribution in [1.82, 2.24) is 9.97 Å². The van der Waals surface area contributed by atoms with Crippen LogP contribution in [-0.4, -0.2) is 15.8 Å². The SMILES string of the molecule is C=Cc1nccc2c1c(C(C)=O)nc1ccccc12. The third-order valence-electron chi connectivity index (χ3n) is 3.17. The number of nitrogens with zero attached hydrogens (tertiary/aromatic N) is 2. The Morgan fingerprint density at radius 2 is 2.00 bits per heavy atom. The molecule has 0 spiro atoms. The summed E-state index contributed by atoms with van der Waals surface area (Å²) in [4.78, 5) is 20.6. The van der Waals surface area contributed by atoms with Gasteiger partial charge in [-0.25, -0.2) is 4.98 Å². The third kappa shape index (κ3) is 1.71. The van der Waals surface area contributed by atoms with Crippen LogP contribution in [0.1, 0.15) is 23.1 Å². The number of carbonyl (C=O) groups excluding carboxylic acids is 1. The second-order valence-electron chi connectivity index (χ2n) is 4.36. The van der Waals surface area contributed by atoms with Gasteiger partial charge in [-0.2, -0.15) is 0 Å². The van der Waals surface area contributed by atoms with Crippen molar-refractivity contribution in [3.63, 3.8) is 0 Å². The van der Waals surface area contributed by atoms with Gasteiger partial charge in [-0.05, 0) is 23.6 Å². The van der Waals surface area contributed by atoms with E-state index in [0.717, 1.165) is 21.7 Å². The van der Waals surface area contributed by atoms with Crippen molar-refractivity contribution < 1.29 is 4.79 Å². The number of rotatable bonds is 2. The number of aromatic nitrogens is 2. The molecule has 3 rings (SSSR count). The molecule has 3 heteroatoms. The molecule has 1 aromatic carbocycles. The predicted molar refractivity (Wildman–Crippen MR) is 77.1 cm³/mol. The number of benzene rings is 1. The van der Waals surface area contributed by atoms with Gasteiger partial charge in [0.1, 0.15) is 5.69 Å². The molecular weight excluding hydrogens is 236 g/mol. The van der Waals surface area contributed by atoms with Crippen molar-refractivity contribution >= 4 is 33.5 Å². The molecule has 0 radical (unpaired) electrons. The molecule has 0 bridgehead atoms. The summed E-state index contributed by atoms with van der Waals surface area (Å²) >= 11 is 0. The highest BCUT2D eigenvalue weighted by atomic mass is 16.1. The van der Waals surface area contributed by atoms with Crippen molar-refractivity contribution in [3.05, 3.63) is 54.5 Å². The van der Waals surface area contributed by atoms with Gasteiger partial charge in [0.15, 0.2) is 5.78 Å². The van der Waals surface area contributed by atoms with E-state index in [9.17, 15) is 4.79 Å². The summed E-state index contributed by atoms with van der Waals surface area (Å²) in [7, 11) is 0. The van der Waals surface area contributed by atoms with Crippen molar-refractivity contribution in [2.75, 3.05) is 0 Å². The first kappa shape index (κ1) is 11.5. The molecule has 0 saturated heterocycles. The highest BCUT2D eigenvalue weighted by Crippen LogP contribution is 2.28. The normalized spacial score (nSPS) is 10.8. The van der Waals surface area contributed by atoms with E-state index < -0.39 is 0 Å². The second kappa shape index (κ2) is 4.28. The van der Waals surface area contributed by atoms with E-state index in [-0.39, 0.29) is 5.78 Å². The molecule has 0 aliphatic carbocycles. The topological polar surface area (TPSA) is 42.9 Å². The molecule has 0 saturated carbocycles. The number of Topliss-reactive ketones (excluding diaryl/α,β-unsaturated/α-hetero) is 1. The van der Waals surface area contributed by atoms with E-state index in [4.69, 9.17) is 0 Å². The van der Waals surface area contributed by atoms with Crippen LogP contribution in [0.3, 0.4) is 0 Å². The maximum atomic E-state index is 11.8. The third-order valence-corrected chi connectivity index (χ3v) is 3.17. The lowest BCUT2D eigenvalue weighted by molar-refractivity contribution is 0.101. The number of para-hydroxylation sites is 1. The minimum Gasteiger partial charge on any atom is -0.293 e. The molecule has 92 valence electrons. The lowest BCUT2D eigenvalue weighted by Crippen LogP contribution is -2.01. The molecule has 0 aliphatic rings. The van der Waals surface area contributed by atoms with E-state index >= 15 is 0 Å². The average Bonchev–Trinajstić information content (AvgIpc) is 2.45. The van der Waals surface area contributed by atoms with Gasteiger partial charge in [0.25, 0.3) is 0 Å². The van der Waals surface area contributed by atoms with E-state index in [0.29, 0.717) is 11.4 Å². The fourth-order valence-electron chi connectivity index (χ4n) is 2.34. The molecular formula is C16H12N2O. The quantitative estimate of drug-likeness (QED) is 0.513. The number of hydrogen-bond donors (Lipinski definition) is 0. The number of ketones is 1. The van der Waals surface area contributed by atoms with Gasteiger partial charge in [0, 0.05) is 23.9 Å². The number of pyridine rings is 2. The summed E-state index contributed by atoms with van der Waals surface area (Å²) in [6.45, 7) is 5.28. The first-order chi connectivity index (χ1) is 9.22. The van der Waals surface area contributed by atoms with Crippen LogP contribution in [0, 0.1) is 0 Å². The first-order valence-electron chi connectivity index (χ1n) is 6.03. The zero-order valence-electron chi connectivity index (χ0n) is 10.6. The van der Waals surface area contributed by atoms with Crippen LogP contribution in [0.25, 0.3) is 27.8 Å². The molecule has 3 aromatic rings. The standard InChI is InChI=1S/C16H12N2O/c1-3-13-15-12(8-9-17-13)11-6-4-5-7-14(11)18-16(15)10(2)19/h3-9H,1H2,2H3. The predicted octanol–water partition coefficient (Wildman–Crippen LogP) is 3.63. The largest absolute Gasteiger partial charge is 0.293 e. The Hall–Kier alpha value is -2.55. The molecule has 0 fully saturated rings. The highest BCUT2D eigenvalue weighted by molar-refractivity contribution is 6.16. The number of fused-ring (bicyclic) bond motifs is 3. The van der Waals surface area contributed by atoms with E-state index in [2.05, 4.69) is 16.5 Å². The Kier molecular flexibility index (Phi) is 2.60. The Morgan fingerprint density at radius 1 is 1.21 bits per heavy atom. The first-order valence-corrected chi connectivity index (χ1v) is 6.03. The zero-order valence-corrected chi connectivity index (χ0v) is 10.6. The Bertz CT molecular complexity index is 821. The van der Waals surface area contributed by atoms with Crippen LogP contribution >= 0.6 is 0 Å². The van der Waals surface area contributed by atoms with Crippen LogP contribution < -0.4 is 0 Å². The lowest BCUT2D eigenvalue weighted by Gasteiger charge is -2.09. The molecule has 3 nitrogen and oxygen atoms in total. The number of carbonyl (C=O) groups is 1. The lowest BCUT2D eigenvalue weighted by atomic mass is 10.0. The average molecular weight is 248 g/mol. The van der Waals surface area contributed by atoms with Crippen LogP contribution in [0.2, 0.25) is 0 Å². The van der Waals surface area contributed by atoms with Gasteiger partial charge < -0.3 is 0 Å². The molecule has 0 aliphatic heterocycles. The summed E-state index contributed by atoms with van der Waals surface area (Å²) in [5.41, 5.74) is 1.97. The van der Waals surface area contributed by atoms with Crippen molar-refractivity contribution in [2.45, 2.75) is 6.92 Å². The van der Waals surface area contributed by atoms with Gasteiger partial charge in [-0.15, -0.1) is 0 Å².